The molecule has 2 aromatic carbocycles. The zero-order valence-electron chi connectivity index (χ0n) is 23.9. The fourth-order valence-corrected chi connectivity index (χ4v) is 6.31. The highest BCUT2D eigenvalue weighted by Gasteiger charge is 2.36. The molecule has 0 saturated carbocycles. The molecule has 2 aromatic heterocycles. The average molecular weight is 622 g/mol. The van der Waals surface area contributed by atoms with Gasteiger partial charge in [-0.25, -0.2) is 9.79 Å². The first-order chi connectivity index (χ1) is 20.7. The Morgan fingerprint density at radius 3 is 2.72 bits per heavy atom. The van der Waals surface area contributed by atoms with E-state index in [9.17, 15) is 19.7 Å². The Balaban J connectivity index is 1.70. The minimum absolute atomic E-state index is 0.0134. The van der Waals surface area contributed by atoms with Gasteiger partial charge in [0.2, 0.25) is 0 Å². The minimum Gasteiger partial charge on any atom is -0.496 e. The van der Waals surface area contributed by atoms with Crippen molar-refractivity contribution in [2.45, 2.75) is 39.7 Å². The number of rotatable bonds is 9. The molecule has 0 fully saturated rings. The van der Waals surface area contributed by atoms with Crippen molar-refractivity contribution in [3.8, 4) is 17.1 Å². The number of hydrogen-bond donors (Lipinski definition) is 0. The van der Waals surface area contributed by atoms with Crippen LogP contribution in [0.25, 0.3) is 17.4 Å². The van der Waals surface area contributed by atoms with Crippen molar-refractivity contribution >= 4 is 40.7 Å². The second kappa shape index (κ2) is 12.4. The summed E-state index contributed by atoms with van der Waals surface area (Å²) < 4.78 is 18.9. The maximum Gasteiger partial charge on any atom is 0.338 e. The molecule has 5 rings (SSSR count). The fraction of sp³-hybridized carbons (Fsp3) is 0.258. The smallest absolute Gasteiger partial charge is 0.338 e. The third kappa shape index (κ3) is 5.65. The maximum absolute atomic E-state index is 14.0. The molecule has 1 atom stereocenters. The number of methoxy groups -OCH3 is 1. The molecule has 0 amide bonds. The second-order valence-electron chi connectivity index (χ2n) is 9.71. The summed E-state index contributed by atoms with van der Waals surface area (Å²) in [6, 6.07) is 12.3. The van der Waals surface area contributed by atoms with Crippen LogP contribution in [-0.2, 0) is 9.53 Å². The van der Waals surface area contributed by atoms with Crippen LogP contribution in [0.15, 0.2) is 74.0 Å². The van der Waals surface area contributed by atoms with Crippen molar-refractivity contribution in [3.63, 3.8) is 0 Å². The first-order valence-electron chi connectivity index (χ1n) is 13.6. The number of thiazole rings is 1. The lowest BCUT2D eigenvalue weighted by atomic mass is 9.93. The van der Waals surface area contributed by atoms with Crippen molar-refractivity contribution in [3.05, 3.63) is 112 Å². The molecule has 222 valence electrons. The first kappa shape index (κ1) is 30.0. The van der Waals surface area contributed by atoms with E-state index >= 15 is 0 Å². The lowest BCUT2D eigenvalue weighted by Crippen LogP contribution is -2.40. The van der Waals surface area contributed by atoms with Crippen LogP contribution >= 0.6 is 22.9 Å². The van der Waals surface area contributed by atoms with E-state index in [1.807, 2.05) is 6.92 Å². The van der Waals surface area contributed by atoms with E-state index < -0.39 is 22.5 Å². The average Bonchev–Trinajstić information content (AvgIpc) is 3.56. The van der Waals surface area contributed by atoms with Crippen LogP contribution in [0.2, 0.25) is 5.02 Å². The monoisotopic (exact) mass is 621 g/mol. The lowest BCUT2D eigenvalue weighted by molar-refractivity contribution is -0.385. The molecular formula is C31H28ClN3O7S. The Labute approximate surface area is 255 Å². The minimum atomic E-state index is -0.896. The Hall–Kier alpha value is -4.48. The Morgan fingerprint density at radius 1 is 1.23 bits per heavy atom. The third-order valence-electron chi connectivity index (χ3n) is 7.05. The van der Waals surface area contributed by atoms with E-state index in [0.717, 1.165) is 11.3 Å². The summed E-state index contributed by atoms with van der Waals surface area (Å²) in [5, 5.41) is 11.8. The number of hydrogen-bond acceptors (Lipinski definition) is 9. The van der Waals surface area contributed by atoms with Crippen LogP contribution in [0.5, 0.6) is 5.75 Å². The molecule has 10 nitrogen and oxygen atoms in total. The third-order valence-corrected chi connectivity index (χ3v) is 8.26. The number of fused-ring (bicyclic) bond motifs is 1. The number of aromatic nitrogens is 1. The summed E-state index contributed by atoms with van der Waals surface area (Å²) in [6.07, 6.45) is 2.80. The number of halogens is 1. The van der Waals surface area contributed by atoms with E-state index in [1.165, 1.54) is 17.7 Å². The highest BCUT2D eigenvalue weighted by Crippen LogP contribution is 2.38. The van der Waals surface area contributed by atoms with Gasteiger partial charge in [0, 0.05) is 33.9 Å². The molecule has 3 heterocycles. The van der Waals surface area contributed by atoms with Gasteiger partial charge in [-0.15, -0.1) is 0 Å². The predicted octanol–water partition coefficient (Wildman–Crippen LogP) is 5.72. The number of esters is 1. The number of ether oxygens (including phenoxy) is 2. The van der Waals surface area contributed by atoms with Crippen molar-refractivity contribution in [2.24, 2.45) is 4.99 Å². The van der Waals surface area contributed by atoms with Gasteiger partial charge in [-0.1, -0.05) is 48.4 Å². The second-order valence-corrected chi connectivity index (χ2v) is 11.2. The van der Waals surface area contributed by atoms with Crippen LogP contribution in [0.4, 0.5) is 5.69 Å². The largest absolute Gasteiger partial charge is 0.496 e. The molecular weight excluding hydrogens is 594 g/mol. The van der Waals surface area contributed by atoms with Gasteiger partial charge in [-0.2, -0.15) is 0 Å². The number of nitro benzene ring substituents is 1. The SMILES string of the molecule is CCCC1=C(C(=O)OCC)[C@H](c2cc(Cl)ccc2OC)n2c(s/c(=C/c3ccc(-c4cccc([N+](=O)[O-])c4C)o3)c2=O)=N1. The van der Waals surface area contributed by atoms with E-state index in [-0.39, 0.29) is 17.9 Å². The van der Waals surface area contributed by atoms with Crippen LogP contribution in [0, 0.1) is 17.0 Å². The lowest BCUT2D eigenvalue weighted by Gasteiger charge is -2.27. The molecule has 0 spiro atoms. The summed E-state index contributed by atoms with van der Waals surface area (Å²) in [7, 11) is 1.51. The summed E-state index contributed by atoms with van der Waals surface area (Å²) in [5.41, 5.74) is 1.95. The zero-order valence-corrected chi connectivity index (χ0v) is 25.5. The normalized spacial score (nSPS) is 14.8. The Morgan fingerprint density at radius 2 is 2.02 bits per heavy atom. The molecule has 0 saturated heterocycles. The maximum atomic E-state index is 14.0. The highest BCUT2D eigenvalue weighted by molar-refractivity contribution is 7.07. The molecule has 1 aliphatic heterocycles. The Bertz CT molecular complexity index is 1950. The Kier molecular flexibility index (Phi) is 8.65. The number of furan rings is 1. The van der Waals surface area contributed by atoms with E-state index in [0.29, 0.717) is 66.9 Å². The van der Waals surface area contributed by atoms with Gasteiger partial charge in [-0.3, -0.25) is 19.5 Å². The molecule has 12 heteroatoms. The van der Waals surface area contributed by atoms with Gasteiger partial charge >= 0.3 is 5.97 Å². The molecule has 0 radical (unpaired) electrons. The van der Waals surface area contributed by atoms with Gasteiger partial charge < -0.3 is 13.9 Å². The van der Waals surface area contributed by atoms with Crippen LogP contribution in [0.3, 0.4) is 0 Å². The van der Waals surface area contributed by atoms with E-state index in [1.54, 1.807) is 62.4 Å². The van der Waals surface area contributed by atoms with Gasteiger partial charge in [0.15, 0.2) is 4.80 Å². The zero-order chi connectivity index (χ0) is 30.8. The molecule has 0 unspecified atom stereocenters. The summed E-state index contributed by atoms with van der Waals surface area (Å²) in [6.45, 7) is 5.51. The number of nitrogens with zero attached hydrogens (tertiary/aromatic N) is 3. The molecule has 43 heavy (non-hydrogen) atoms. The van der Waals surface area contributed by atoms with Crippen molar-refractivity contribution < 1.29 is 23.6 Å². The van der Waals surface area contributed by atoms with Gasteiger partial charge in [0.05, 0.1) is 34.4 Å². The number of benzene rings is 2. The topological polar surface area (TPSA) is 126 Å². The summed E-state index contributed by atoms with van der Waals surface area (Å²) >= 11 is 7.56. The quantitative estimate of drug-likeness (QED) is 0.133. The predicted molar refractivity (Wildman–Crippen MR) is 163 cm³/mol. The van der Waals surface area contributed by atoms with Gasteiger partial charge in [0.25, 0.3) is 11.2 Å². The van der Waals surface area contributed by atoms with E-state index in [2.05, 4.69) is 0 Å². The highest BCUT2D eigenvalue weighted by atomic mass is 35.5. The molecule has 0 bridgehead atoms. The molecule has 0 N–H and O–H groups in total. The van der Waals surface area contributed by atoms with E-state index in [4.69, 9.17) is 30.5 Å². The van der Waals surface area contributed by atoms with Crippen LogP contribution < -0.4 is 19.6 Å². The molecule has 4 aromatic rings. The van der Waals surface area contributed by atoms with Crippen molar-refractivity contribution in [1.82, 2.24) is 4.57 Å². The standard InChI is InChI=1S/C31H28ClN3O7S/c1-5-8-22-27(30(37)41-6-2)28(21-15-18(32)11-13-24(21)40-4)34-29(36)26(43-31(34)33-22)16-19-12-14-25(42-19)20-9-7-10-23(17(20)3)35(38)39/h7,9-16,28H,5-6,8H2,1-4H3/b26-16+/t28-/m0/s1. The van der Waals surface area contributed by atoms with Gasteiger partial charge in [0.1, 0.15) is 23.3 Å². The van der Waals surface area contributed by atoms with Crippen LogP contribution in [-0.4, -0.2) is 29.2 Å². The fourth-order valence-electron chi connectivity index (χ4n) is 5.13. The summed E-state index contributed by atoms with van der Waals surface area (Å²) in [4.78, 5) is 43.6. The molecule has 0 aliphatic carbocycles. The summed E-state index contributed by atoms with van der Waals surface area (Å²) in [5.74, 6) is 0.684. The number of allylic oxidation sites excluding steroid dienone is 1. The number of carbonyl (C=O) groups excluding carboxylic acids is 1. The molecule has 1 aliphatic rings. The van der Waals surface area contributed by atoms with Gasteiger partial charge in [-0.05, 0) is 50.6 Å². The van der Waals surface area contributed by atoms with Crippen molar-refractivity contribution in [2.75, 3.05) is 13.7 Å². The first-order valence-corrected chi connectivity index (χ1v) is 14.8. The van der Waals surface area contributed by atoms with Crippen molar-refractivity contribution in [1.29, 1.82) is 0 Å². The number of carbonyl (C=O) groups is 1. The number of nitro groups is 1. The van der Waals surface area contributed by atoms with Crippen LogP contribution in [0.1, 0.15) is 49.6 Å².